The van der Waals surface area contributed by atoms with Crippen molar-refractivity contribution in [2.45, 2.75) is 12.8 Å². The van der Waals surface area contributed by atoms with Crippen LogP contribution in [-0.2, 0) is 12.8 Å². The average molecular weight is 232 g/mol. The molecule has 0 saturated heterocycles. The lowest BCUT2D eigenvalue weighted by atomic mass is 10.0. The Labute approximate surface area is 98.2 Å². The van der Waals surface area contributed by atoms with Crippen molar-refractivity contribution in [1.82, 2.24) is 20.2 Å². The summed E-state index contributed by atoms with van der Waals surface area (Å²) < 4.78 is 12.4. The Kier molecular flexibility index (Phi) is 2.21. The first-order valence-electron chi connectivity index (χ1n) is 5.36. The number of rotatable bonds is 2. The predicted molar refractivity (Wildman–Crippen MR) is 59.7 cm³/mol. The van der Waals surface area contributed by atoms with Gasteiger partial charge in [-0.15, -0.1) is 5.10 Å². The van der Waals surface area contributed by atoms with Crippen LogP contribution in [0.2, 0.25) is 0 Å². The van der Waals surface area contributed by atoms with Crippen molar-refractivity contribution in [1.29, 1.82) is 0 Å². The molecule has 6 nitrogen and oxygen atoms in total. The summed E-state index contributed by atoms with van der Waals surface area (Å²) in [6, 6.07) is 3.81. The van der Waals surface area contributed by atoms with Gasteiger partial charge in [-0.3, -0.25) is 0 Å². The number of aryl methyl sites for hydroxylation is 1. The van der Waals surface area contributed by atoms with Crippen LogP contribution >= 0.6 is 0 Å². The highest BCUT2D eigenvalue weighted by Crippen LogP contribution is 2.34. The number of benzene rings is 1. The quantitative estimate of drug-likeness (QED) is 0.765. The number of fused-ring (bicyclic) bond motifs is 3. The van der Waals surface area contributed by atoms with Crippen LogP contribution < -0.4 is 9.47 Å². The van der Waals surface area contributed by atoms with Gasteiger partial charge in [0, 0.05) is 24.1 Å². The van der Waals surface area contributed by atoms with Gasteiger partial charge in [0.2, 0.25) is 0 Å². The molecular weight excluding hydrogens is 220 g/mol. The highest BCUT2D eigenvalue weighted by Gasteiger charge is 2.22. The van der Waals surface area contributed by atoms with Crippen LogP contribution in [0.1, 0.15) is 11.4 Å². The summed E-state index contributed by atoms with van der Waals surface area (Å²) in [5, 5.41) is 11.7. The van der Waals surface area contributed by atoms with E-state index in [0.717, 1.165) is 41.4 Å². The molecule has 0 atom stereocenters. The first kappa shape index (κ1) is 10.1. The molecule has 2 heterocycles. The van der Waals surface area contributed by atoms with Gasteiger partial charge in [0.05, 0.1) is 19.9 Å². The number of aromatic nitrogens is 4. The molecule has 3 rings (SSSR count). The Morgan fingerprint density at radius 1 is 1.18 bits per heavy atom. The van der Waals surface area contributed by atoms with Gasteiger partial charge in [-0.25, -0.2) is 0 Å². The van der Waals surface area contributed by atoms with E-state index >= 15 is 0 Å². The van der Waals surface area contributed by atoms with E-state index in [-0.39, 0.29) is 0 Å². The molecule has 17 heavy (non-hydrogen) atoms. The van der Waals surface area contributed by atoms with Crippen LogP contribution in [0.15, 0.2) is 12.1 Å². The van der Waals surface area contributed by atoms with E-state index in [0.29, 0.717) is 0 Å². The van der Waals surface area contributed by atoms with Crippen molar-refractivity contribution in [2.75, 3.05) is 14.2 Å². The molecule has 1 aromatic heterocycles. The zero-order valence-corrected chi connectivity index (χ0v) is 9.67. The monoisotopic (exact) mass is 232 g/mol. The van der Waals surface area contributed by atoms with Crippen molar-refractivity contribution in [2.24, 2.45) is 0 Å². The fourth-order valence-corrected chi connectivity index (χ4v) is 2.13. The van der Waals surface area contributed by atoms with E-state index in [4.69, 9.17) is 9.47 Å². The summed E-state index contributed by atoms with van der Waals surface area (Å²) in [7, 11) is 3.29. The Balaban J connectivity index is 2.25. The fourth-order valence-electron chi connectivity index (χ4n) is 2.13. The van der Waals surface area contributed by atoms with Crippen LogP contribution in [0, 0.1) is 0 Å². The number of methoxy groups -OCH3 is 2. The van der Waals surface area contributed by atoms with E-state index in [1.165, 1.54) is 0 Å². The van der Waals surface area contributed by atoms with Crippen LogP contribution in [0.4, 0.5) is 0 Å². The predicted octanol–water partition coefficient (Wildman–Crippen LogP) is 0.778. The van der Waals surface area contributed by atoms with Crippen molar-refractivity contribution < 1.29 is 9.47 Å². The minimum Gasteiger partial charge on any atom is -0.497 e. The first-order valence-corrected chi connectivity index (χ1v) is 5.36. The van der Waals surface area contributed by atoms with E-state index in [2.05, 4.69) is 15.5 Å². The second-order valence-corrected chi connectivity index (χ2v) is 3.83. The molecule has 0 fully saturated rings. The summed E-state index contributed by atoms with van der Waals surface area (Å²) in [6.45, 7) is 0. The second-order valence-electron chi connectivity index (χ2n) is 3.83. The number of ether oxygens (including phenoxy) is 2. The van der Waals surface area contributed by atoms with E-state index in [9.17, 15) is 0 Å². The molecule has 88 valence electrons. The molecule has 0 aliphatic carbocycles. The van der Waals surface area contributed by atoms with Gasteiger partial charge in [0.25, 0.3) is 0 Å². The van der Waals surface area contributed by atoms with Crippen LogP contribution in [0.5, 0.6) is 11.5 Å². The van der Waals surface area contributed by atoms with Gasteiger partial charge in [0.15, 0.2) is 5.82 Å². The van der Waals surface area contributed by atoms with Gasteiger partial charge in [-0.2, -0.15) is 4.68 Å². The first-order chi connectivity index (χ1) is 8.33. The third-order valence-corrected chi connectivity index (χ3v) is 2.98. The number of hydrogen-bond acceptors (Lipinski definition) is 5. The Morgan fingerprint density at radius 3 is 2.82 bits per heavy atom. The maximum Gasteiger partial charge on any atom is 0.157 e. The Morgan fingerprint density at radius 2 is 2.06 bits per heavy atom. The molecule has 0 unspecified atom stereocenters. The fraction of sp³-hybridized carbons (Fsp3) is 0.364. The Bertz CT molecular complexity index is 565. The van der Waals surface area contributed by atoms with E-state index < -0.39 is 0 Å². The Hall–Kier alpha value is -2.11. The third kappa shape index (κ3) is 1.44. The van der Waals surface area contributed by atoms with Gasteiger partial charge in [-0.05, 0) is 16.8 Å². The van der Waals surface area contributed by atoms with E-state index in [1.807, 2.05) is 12.1 Å². The minimum atomic E-state index is 0.740. The standard InChI is InChI=1S/C11H12N4O2/c1-16-7-5-9-8(10(6-7)17-2)3-4-11-12-13-14-15(9)11/h5-6H,3-4H2,1-2H3. The maximum absolute atomic E-state index is 5.38. The SMILES string of the molecule is COc1cc(OC)c2c(c1)-n1nnnc1CC2. The van der Waals surface area contributed by atoms with E-state index in [1.54, 1.807) is 18.9 Å². The van der Waals surface area contributed by atoms with Crippen molar-refractivity contribution >= 4 is 0 Å². The zero-order chi connectivity index (χ0) is 11.8. The van der Waals surface area contributed by atoms with Crippen LogP contribution in [0.3, 0.4) is 0 Å². The highest BCUT2D eigenvalue weighted by molar-refractivity contribution is 5.56. The molecule has 2 aromatic rings. The van der Waals surface area contributed by atoms with Crippen LogP contribution in [0.25, 0.3) is 5.69 Å². The minimum absolute atomic E-state index is 0.740. The molecule has 6 heteroatoms. The largest absolute Gasteiger partial charge is 0.497 e. The van der Waals surface area contributed by atoms with Crippen molar-refractivity contribution in [3.05, 3.63) is 23.5 Å². The summed E-state index contributed by atoms with van der Waals surface area (Å²) in [5.74, 6) is 2.43. The molecule has 0 N–H and O–H groups in total. The molecule has 1 aromatic carbocycles. The summed E-state index contributed by atoms with van der Waals surface area (Å²) in [5.41, 5.74) is 2.06. The number of hydrogen-bond donors (Lipinski definition) is 0. The molecule has 0 radical (unpaired) electrons. The lowest BCUT2D eigenvalue weighted by Crippen LogP contribution is -2.14. The lowest BCUT2D eigenvalue weighted by molar-refractivity contribution is 0.389. The topological polar surface area (TPSA) is 62.1 Å². The van der Waals surface area contributed by atoms with Gasteiger partial charge >= 0.3 is 0 Å². The number of nitrogens with zero attached hydrogens (tertiary/aromatic N) is 4. The average Bonchev–Trinajstić information content (AvgIpc) is 2.85. The second kappa shape index (κ2) is 3.73. The maximum atomic E-state index is 5.38. The lowest BCUT2D eigenvalue weighted by Gasteiger charge is -2.19. The molecule has 1 aliphatic rings. The summed E-state index contributed by atoms with van der Waals surface area (Å²) >= 11 is 0. The molecule has 0 amide bonds. The van der Waals surface area contributed by atoms with Crippen molar-refractivity contribution in [3.63, 3.8) is 0 Å². The molecular formula is C11H12N4O2. The normalized spacial score (nSPS) is 12.8. The zero-order valence-electron chi connectivity index (χ0n) is 9.67. The van der Waals surface area contributed by atoms with Crippen LogP contribution in [-0.4, -0.2) is 34.4 Å². The molecule has 0 saturated carbocycles. The smallest absolute Gasteiger partial charge is 0.157 e. The summed E-state index contributed by atoms with van der Waals surface area (Å²) in [4.78, 5) is 0. The molecule has 1 aliphatic heterocycles. The third-order valence-electron chi connectivity index (χ3n) is 2.98. The molecule has 0 spiro atoms. The van der Waals surface area contributed by atoms with Gasteiger partial charge in [0.1, 0.15) is 11.5 Å². The van der Waals surface area contributed by atoms with Gasteiger partial charge < -0.3 is 9.47 Å². The van der Waals surface area contributed by atoms with Crippen molar-refractivity contribution in [3.8, 4) is 17.2 Å². The van der Waals surface area contributed by atoms with Gasteiger partial charge in [-0.1, -0.05) is 0 Å². The number of tetrazole rings is 1. The molecule has 0 bridgehead atoms. The highest BCUT2D eigenvalue weighted by atomic mass is 16.5. The summed E-state index contributed by atoms with van der Waals surface area (Å²) in [6.07, 6.45) is 1.70.